The number of benzene rings is 12. The molecule has 0 saturated carbocycles. The van der Waals surface area contributed by atoms with Crippen LogP contribution in [0.4, 0.5) is 34.1 Å². The Labute approximate surface area is 469 Å². The molecular formula is C75H50N4O2. The molecule has 0 unspecified atom stereocenters. The van der Waals surface area contributed by atoms with Crippen LogP contribution in [0.3, 0.4) is 0 Å². The topological polar surface area (TPSA) is 58.5 Å². The fourth-order valence-corrected chi connectivity index (χ4v) is 12.0. The van der Waals surface area contributed by atoms with E-state index >= 15 is 0 Å². The van der Waals surface area contributed by atoms with E-state index in [-0.39, 0.29) is 0 Å². The SMILES string of the molecule is c1ccc(-c2ccc(N(c3ccc(-c4nc5ccccc5o4)cc3)c3ccc4c(c3)C(c3ccccc3)(c3ccccc3)c3cc(N(c5ccc(-c6ccccc6)cc5)c5ccc(-c6nc7ccccc7o6)cc5)ccc3-4)cc2)cc1. The second-order valence-electron chi connectivity index (χ2n) is 20.5. The van der Waals surface area contributed by atoms with Gasteiger partial charge in [-0.2, -0.15) is 0 Å². The monoisotopic (exact) mass is 1040 g/mol. The molecule has 0 spiro atoms. The zero-order chi connectivity index (χ0) is 53.7. The van der Waals surface area contributed by atoms with Gasteiger partial charge in [0.15, 0.2) is 11.2 Å². The molecule has 0 amide bonds. The van der Waals surface area contributed by atoms with E-state index in [1.807, 2.05) is 48.5 Å². The van der Waals surface area contributed by atoms with Crippen LogP contribution in [0, 0.1) is 0 Å². The van der Waals surface area contributed by atoms with Crippen LogP contribution in [0.5, 0.6) is 0 Å². The molecular weight excluding hydrogens is 989 g/mol. The summed E-state index contributed by atoms with van der Waals surface area (Å²) in [5.41, 5.74) is 22.1. The van der Waals surface area contributed by atoms with Crippen molar-refractivity contribution in [2.45, 2.75) is 5.41 Å². The number of oxazole rings is 2. The molecule has 0 aliphatic heterocycles. The Bertz CT molecular complexity index is 4180. The molecule has 6 heteroatoms. The van der Waals surface area contributed by atoms with E-state index in [1.54, 1.807) is 0 Å². The van der Waals surface area contributed by atoms with E-state index in [4.69, 9.17) is 18.8 Å². The molecule has 1 aliphatic rings. The third-order valence-electron chi connectivity index (χ3n) is 15.8. The standard InChI is InChI=1S/C75H50N4O2/c1-5-17-51(18-6-1)53-29-37-59(38-30-53)78(61-41-33-55(34-42-61)73-76-69-25-13-15-27-71(69)80-73)63-45-47-65-66-48-46-64(50-68(66)75(67(65)49-63,57-21-9-3-10-22-57)58-23-11-4-12-24-58)79(60-39-31-54(32-40-60)52-19-7-2-8-20-52)62-43-35-56(36-44-62)74-77-70-26-14-16-28-72(70)81-74/h1-50H. The first-order chi connectivity index (χ1) is 40.1. The maximum Gasteiger partial charge on any atom is 0.227 e. The Morgan fingerprint density at radius 1 is 0.259 bits per heavy atom. The van der Waals surface area contributed by atoms with Crippen LogP contribution in [-0.2, 0) is 5.41 Å². The molecule has 12 aromatic carbocycles. The molecule has 0 atom stereocenters. The van der Waals surface area contributed by atoms with E-state index in [0.29, 0.717) is 11.8 Å². The van der Waals surface area contributed by atoms with Gasteiger partial charge in [-0.15, -0.1) is 0 Å². The molecule has 2 aromatic heterocycles. The second-order valence-corrected chi connectivity index (χ2v) is 20.5. The summed E-state index contributed by atoms with van der Waals surface area (Å²) in [6, 6.07) is 108. The summed E-state index contributed by atoms with van der Waals surface area (Å²) in [7, 11) is 0. The highest BCUT2D eigenvalue weighted by Gasteiger charge is 2.47. The van der Waals surface area contributed by atoms with Gasteiger partial charge >= 0.3 is 0 Å². The van der Waals surface area contributed by atoms with Gasteiger partial charge in [0.1, 0.15) is 11.0 Å². The van der Waals surface area contributed by atoms with Crippen molar-refractivity contribution < 1.29 is 8.83 Å². The van der Waals surface area contributed by atoms with Crippen molar-refractivity contribution in [3.05, 3.63) is 326 Å². The molecule has 382 valence electrons. The first-order valence-electron chi connectivity index (χ1n) is 27.4. The number of nitrogens with zero attached hydrogens (tertiary/aromatic N) is 4. The van der Waals surface area contributed by atoms with E-state index < -0.39 is 5.41 Å². The van der Waals surface area contributed by atoms with Gasteiger partial charge in [-0.25, -0.2) is 9.97 Å². The van der Waals surface area contributed by atoms with Crippen molar-refractivity contribution in [1.82, 2.24) is 9.97 Å². The highest BCUT2D eigenvalue weighted by Crippen LogP contribution is 2.58. The van der Waals surface area contributed by atoms with Crippen molar-refractivity contribution in [1.29, 1.82) is 0 Å². The number of anilines is 6. The lowest BCUT2D eigenvalue weighted by molar-refractivity contribution is 0.619. The maximum absolute atomic E-state index is 6.26. The summed E-state index contributed by atoms with van der Waals surface area (Å²) >= 11 is 0. The van der Waals surface area contributed by atoms with Gasteiger partial charge in [-0.3, -0.25) is 0 Å². The van der Waals surface area contributed by atoms with Crippen LogP contribution in [0.2, 0.25) is 0 Å². The molecule has 81 heavy (non-hydrogen) atoms. The predicted octanol–water partition coefficient (Wildman–Crippen LogP) is 19.9. The minimum Gasteiger partial charge on any atom is -0.436 e. The minimum absolute atomic E-state index is 0.589. The summed E-state index contributed by atoms with van der Waals surface area (Å²) in [4.78, 5) is 14.4. The van der Waals surface area contributed by atoms with Gasteiger partial charge in [0.2, 0.25) is 11.8 Å². The van der Waals surface area contributed by atoms with E-state index in [0.717, 1.165) is 78.6 Å². The van der Waals surface area contributed by atoms with E-state index in [1.165, 1.54) is 44.5 Å². The van der Waals surface area contributed by atoms with E-state index in [2.05, 4.69) is 265 Å². The van der Waals surface area contributed by atoms with E-state index in [9.17, 15) is 0 Å². The molecule has 1 aliphatic carbocycles. The third-order valence-corrected chi connectivity index (χ3v) is 15.8. The molecule has 0 N–H and O–H groups in total. The van der Waals surface area contributed by atoms with Crippen molar-refractivity contribution in [3.63, 3.8) is 0 Å². The number of hydrogen-bond acceptors (Lipinski definition) is 6. The highest BCUT2D eigenvalue weighted by atomic mass is 16.4. The summed E-state index contributed by atoms with van der Waals surface area (Å²) in [5, 5.41) is 0. The number of hydrogen-bond donors (Lipinski definition) is 0. The molecule has 0 bridgehead atoms. The van der Waals surface area contributed by atoms with Gasteiger partial charge in [0, 0.05) is 45.3 Å². The lowest BCUT2D eigenvalue weighted by Gasteiger charge is -2.35. The Kier molecular flexibility index (Phi) is 11.6. The van der Waals surface area contributed by atoms with Crippen LogP contribution in [0.1, 0.15) is 22.3 Å². The van der Waals surface area contributed by atoms with Crippen LogP contribution in [-0.4, -0.2) is 9.97 Å². The van der Waals surface area contributed by atoms with Crippen molar-refractivity contribution in [2.24, 2.45) is 0 Å². The first kappa shape index (κ1) is 47.4. The molecule has 14 aromatic rings. The Morgan fingerprint density at radius 3 is 0.914 bits per heavy atom. The van der Waals surface area contributed by atoms with Gasteiger partial charge in [-0.1, -0.05) is 182 Å². The van der Waals surface area contributed by atoms with Crippen molar-refractivity contribution >= 4 is 56.3 Å². The second kappa shape index (κ2) is 19.9. The van der Waals surface area contributed by atoms with Crippen LogP contribution in [0.15, 0.2) is 312 Å². The Morgan fingerprint density at radius 2 is 0.556 bits per heavy atom. The highest BCUT2D eigenvalue weighted by molar-refractivity contribution is 5.93. The first-order valence-corrected chi connectivity index (χ1v) is 27.4. The van der Waals surface area contributed by atoms with Crippen LogP contribution in [0.25, 0.3) is 78.5 Å². The molecule has 0 fully saturated rings. The number of para-hydroxylation sites is 4. The summed E-state index contributed by atoms with van der Waals surface area (Å²) in [6.45, 7) is 0. The van der Waals surface area contributed by atoms with Crippen LogP contribution >= 0.6 is 0 Å². The lowest BCUT2D eigenvalue weighted by atomic mass is 9.67. The predicted molar refractivity (Wildman–Crippen MR) is 330 cm³/mol. The minimum atomic E-state index is -0.738. The average molecular weight is 1040 g/mol. The zero-order valence-corrected chi connectivity index (χ0v) is 44.0. The van der Waals surface area contributed by atoms with Gasteiger partial charge in [0.25, 0.3) is 0 Å². The van der Waals surface area contributed by atoms with Gasteiger partial charge in [0.05, 0.1) is 5.41 Å². The quantitative estimate of drug-likeness (QED) is 0.122. The molecule has 15 rings (SSSR count). The molecule has 2 heterocycles. The molecule has 0 saturated heterocycles. The maximum atomic E-state index is 6.26. The molecule has 6 nitrogen and oxygen atoms in total. The normalized spacial score (nSPS) is 12.3. The Hall–Kier alpha value is -10.8. The summed E-state index contributed by atoms with van der Waals surface area (Å²) in [5.74, 6) is 1.18. The fourth-order valence-electron chi connectivity index (χ4n) is 12.0. The number of fused-ring (bicyclic) bond motifs is 5. The number of aromatic nitrogens is 2. The summed E-state index contributed by atoms with van der Waals surface area (Å²) < 4.78 is 12.5. The van der Waals surface area contributed by atoms with Gasteiger partial charge in [-0.05, 0) is 177 Å². The average Bonchev–Trinajstić information content (AvgIpc) is 2.45. The lowest BCUT2D eigenvalue weighted by Crippen LogP contribution is -2.29. The third kappa shape index (κ3) is 8.37. The fraction of sp³-hybridized carbons (Fsp3) is 0.0133. The van der Waals surface area contributed by atoms with Gasteiger partial charge < -0.3 is 18.6 Å². The summed E-state index contributed by atoms with van der Waals surface area (Å²) in [6.07, 6.45) is 0. The smallest absolute Gasteiger partial charge is 0.227 e. The largest absolute Gasteiger partial charge is 0.436 e. The van der Waals surface area contributed by atoms with Crippen molar-refractivity contribution in [3.8, 4) is 56.3 Å². The Balaban J connectivity index is 0.903. The molecule has 0 radical (unpaired) electrons. The zero-order valence-electron chi connectivity index (χ0n) is 44.0. The number of rotatable bonds is 12. The van der Waals surface area contributed by atoms with Crippen LogP contribution < -0.4 is 9.80 Å². The van der Waals surface area contributed by atoms with Crippen molar-refractivity contribution in [2.75, 3.05) is 9.80 Å².